The Balaban J connectivity index is 2.29. The predicted octanol–water partition coefficient (Wildman–Crippen LogP) is 2.15. The van der Waals surface area contributed by atoms with Crippen molar-refractivity contribution in [1.29, 1.82) is 0 Å². The smallest absolute Gasteiger partial charge is 0.145 e. The van der Waals surface area contributed by atoms with Crippen LogP contribution >= 0.6 is 0 Å². The number of hydrogen-bond donors (Lipinski definition) is 2. The first-order valence-electron chi connectivity index (χ1n) is 5.68. The van der Waals surface area contributed by atoms with Gasteiger partial charge in [-0.05, 0) is 18.1 Å². The van der Waals surface area contributed by atoms with Crippen molar-refractivity contribution < 1.29 is 4.74 Å². The molecule has 0 aliphatic carbocycles. The summed E-state index contributed by atoms with van der Waals surface area (Å²) in [4.78, 5) is 0. The molecule has 90 valence electrons. The highest BCUT2D eigenvalue weighted by molar-refractivity contribution is 5.41. The van der Waals surface area contributed by atoms with E-state index in [4.69, 9.17) is 10.5 Å². The number of nitrogens with zero attached hydrogens (tertiary/aromatic N) is 1. The summed E-state index contributed by atoms with van der Waals surface area (Å²) in [7, 11) is 1.69. The van der Waals surface area contributed by atoms with Crippen LogP contribution in [0.25, 0.3) is 0 Å². The second kappa shape index (κ2) is 4.91. The number of rotatable bonds is 4. The first-order chi connectivity index (χ1) is 8.22. The number of aryl methyl sites for hydroxylation is 1. The molecule has 0 radical (unpaired) electrons. The Kier molecular flexibility index (Phi) is 3.32. The van der Waals surface area contributed by atoms with Gasteiger partial charge in [0.15, 0.2) is 0 Å². The SMILES string of the molecule is CCc1ccc(OC)c(Cc2cc(N)n[nH]2)c1. The van der Waals surface area contributed by atoms with Gasteiger partial charge in [0.05, 0.1) is 7.11 Å². The minimum Gasteiger partial charge on any atom is -0.496 e. The molecule has 0 aliphatic heterocycles. The van der Waals surface area contributed by atoms with Gasteiger partial charge >= 0.3 is 0 Å². The lowest BCUT2D eigenvalue weighted by Gasteiger charge is -2.09. The second-order valence-corrected chi connectivity index (χ2v) is 3.99. The van der Waals surface area contributed by atoms with Crippen LogP contribution in [0.15, 0.2) is 24.3 Å². The fourth-order valence-corrected chi connectivity index (χ4v) is 1.87. The van der Waals surface area contributed by atoms with Gasteiger partial charge in [0.1, 0.15) is 11.6 Å². The van der Waals surface area contributed by atoms with Crippen LogP contribution in [0, 0.1) is 0 Å². The van der Waals surface area contributed by atoms with Crippen LogP contribution in [0.3, 0.4) is 0 Å². The number of H-pyrrole nitrogens is 1. The van der Waals surface area contributed by atoms with Gasteiger partial charge < -0.3 is 10.5 Å². The first kappa shape index (κ1) is 11.5. The summed E-state index contributed by atoms with van der Waals surface area (Å²) in [5.41, 5.74) is 9.03. The standard InChI is InChI=1S/C13H17N3O/c1-3-9-4-5-12(17-2)10(6-9)7-11-8-13(14)16-15-11/h4-6,8H,3,7H2,1-2H3,(H3,14,15,16). The van der Waals surface area contributed by atoms with Crippen molar-refractivity contribution in [3.05, 3.63) is 41.1 Å². The largest absolute Gasteiger partial charge is 0.496 e. The summed E-state index contributed by atoms with van der Waals surface area (Å²) in [5.74, 6) is 1.42. The first-order valence-corrected chi connectivity index (χ1v) is 5.68. The number of nitrogens with one attached hydrogen (secondary N) is 1. The van der Waals surface area contributed by atoms with Gasteiger partial charge in [-0.15, -0.1) is 0 Å². The molecule has 0 fully saturated rings. The van der Waals surface area contributed by atoms with Gasteiger partial charge in [0.25, 0.3) is 0 Å². The van der Waals surface area contributed by atoms with Crippen LogP contribution in [0.5, 0.6) is 5.75 Å². The number of benzene rings is 1. The van der Waals surface area contributed by atoms with E-state index in [-0.39, 0.29) is 0 Å². The minimum absolute atomic E-state index is 0.519. The predicted molar refractivity (Wildman–Crippen MR) is 68.2 cm³/mol. The molecule has 2 aromatic rings. The maximum Gasteiger partial charge on any atom is 0.145 e. The second-order valence-electron chi connectivity index (χ2n) is 3.99. The molecule has 4 heteroatoms. The Bertz CT molecular complexity index is 505. The molecule has 0 saturated heterocycles. The molecule has 0 saturated carbocycles. The summed E-state index contributed by atoms with van der Waals surface area (Å²) in [6, 6.07) is 8.10. The van der Waals surface area contributed by atoms with Crippen LogP contribution < -0.4 is 10.5 Å². The lowest BCUT2D eigenvalue weighted by atomic mass is 10.0. The zero-order chi connectivity index (χ0) is 12.3. The number of nitrogens with two attached hydrogens (primary N) is 1. The summed E-state index contributed by atoms with van der Waals surface area (Å²) < 4.78 is 5.36. The number of aromatic nitrogens is 2. The van der Waals surface area contributed by atoms with Gasteiger partial charge in [-0.2, -0.15) is 5.10 Å². The van der Waals surface area contributed by atoms with Crippen molar-refractivity contribution >= 4 is 5.82 Å². The number of nitrogen functional groups attached to an aromatic ring is 1. The van der Waals surface area contributed by atoms with E-state index < -0.39 is 0 Å². The van der Waals surface area contributed by atoms with Crippen LogP contribution in [-0.4, -0.2) is 17.3 Å². The van der Waals surface area contributed by atoms with Crippen molar-refractivity contribution in [2.75, 3.05) is 12.8 Å². The number of anilines is 1. The Morgan fingerprint density at radius 3 is 2.76 bits per heavy atom. The molecule has 0 atom stereocenters. The van der Waals surface area contributed by atoms with E-state index in [0.717, 1.165) is 29.8 Å². The lowest BCUT2D eigenvalue weighted by molar-refractivity contribution is 0.410. The zero-order valence-electron chi connectivity index (χ0n) is 10.2. The van der Waals surface area contributed by atoms with E-state index in [1.165, 1.54) is 5.56 Å². The van der Waals surface area contributed by atoms with Crippen LogP contribution in [0.4, 0.5) is 5.82 Å². The summed E-state index contributed by atoms with van der Waals surface area (Å²) in [5, 5.41) is 6.83. The highest BCUT2D eigenvalue weighted by Crippen LogP contribution is 2.23. The average Bonchev–Trinajstić information content (AvgIpc) is 2.74. The van der Waals surface area contributed by atoms with E-state index in [0.29, 0.717) is 5.82 Å². The Morgan fingerprint density at radius 2 is 2.18 bits per heavy atom. The highest BCUT2D eigenvalue weighted by Gasteiger charge is 2.07. The number of aromatic amines is 1. The minimum atomic E-state index is 0.519. The molecule has 3 N–H and O–H groups in total. The van der Waals surface area contributed by atoms with Crippen molar-refractivity contribution in [3.63, 3.8) is 0 Å². The fourth-order valence-electron chi connectivity index (χ4n) is 1.87. The van der Waals surface area contributed by atoms with Crippen molar-refractivity contribution in [2.24, 2.45) is 0 Å². The summed E-state index contributed by atoms with van der Waals surface area (Å²) in [6.45, 7) is 2.14. The lowest BCUT2D eigenvalue weighted by Crippen LogP contribution is -1.96. The zero-order valence-corrected chi connectivity index (χ0v) is 10.2. The maximum absolute atomic E-state index is 5.59. The molecule has 1 aromatic heterocycles. The van der Waals surface area contributed by atoms with Crippen LogP contribution in [0.1, 0.15) is 23.7 Å². The molecule has 17 heavy (non-hydrogen) atoms. The maximum atomic E-state index is 5.59. The van der Waals surface area contributed by atoms with Crippen LogP contribution in [0.2, 0.25) is 0 Å². The number of hydrogen-bond acceptors (Lipinski definition) is 3. The summed E-state index contributed by atoms with van der Waals surface area (Å²) >= 11 is 0. The fraction of sp³-hybridized carbons (Fsp3) is 0.308. The van der Waals surface area contributed by atoms with Crippen LogP contribution in [-0.2, 0) is 12.8 Å². The average molecular weight is 231 g/mol. The molecule has 1 heterocycles. The van der Waals surface area contributed by atoms with E-state index in [2.05, 4.69) is 29.3 Å². The number of methoxy groups -OCH3 is 1. The van der Waals surface area contributed by atoms with E-state index in [1.807, 2.05) is 12.1 Å². The van der Waals surface area contributed by atoms with Gasteiger partial charge in [0, 0.05) is 23.7 Å². The molecule has 0 aliphatic rings. The van der Waals surface area contributed by atoms with Crippen molar-refractivity contribution in [2.45, 2.75) is 19.8 Å². The quantitative estimate of drug-likeness (QED) is 0.847. The molecule has 0 unspecified atom stereocenters. The van der Waals surface area contributed by atoms with Gasteiger partial charge in [0.2, 0.25) is 0 Å². The van der Waals surface area contributed by atoms with Gasteiger partial charge in [-0.1, -0.05) is 19.1 Å². The molecule has 0 bridgehead atoms. The molecule has 1 aromatic carbocycles. The summed E-state index contributed by atoms with van der Waals surface area (Å²) in [6.07, 6.45) is 1.77. The molecular formula is C13H17N3O. The van der Waals surface area contributed by atoms with Crippen molar-refractivity contribution in [3.8, 4) is 5.75 Å². The molecule has 0 amide bonds. The van der Waals surface area contributed by atoms with Gasteiger partial charge in [-0.3, -0.25) is 5.10 Å². The van der Waals surface area contributed by atoms with Gasteiger partial charge in [-0.25, -0.2) is 0 Å². The Labute approximate surface area is 101 Å². The Hall–Kier alpha value is -1.97. The topological polar surface area (TPSA) is 63.9 Å². The third kappa shape index (κ3) is 2.58. The monoisotopic (exact) mass is 231 g/mol. The van der Waals surface area contributed by atoms with E-state index >= 15 is 0 Å². The third-order valence-electron chi connectivity index (χ3n) is 2.78. The Morgan fingerprint density at radius 1 is 1.35 bits per heavy atom. The van der Waals surface area contributed by atoms with E-state index in [1.54, 1.807) is 7.11 Å². The molecule has 0 spiro atoms. The highest BCUT2D eigenvalue weighted by atomic mass is 16.5. The number of ether oxygens (including phenoxy) is 1. The molecular weight excluding hydrogens is 214 g/mol. The third-order valence-corrected chi connectivity index (χ3v) is 2.78. The normalized spacial score (nSPS) is 10.5. The van der Waals surface area contributed by atoms with E-state index in [9.17, 15) is 0 Å². The van der Waals surface area contributed by atoms with Crippen molar-refractivity contribution in [1.82, 2.24) is 10.2 Å². The molecule has 2 rings (SSSR count). The molecule has 4 nitrogen and oxygen atoms in total.